The minimum absolute atomic E-state index is 0.366. The number of nitrogens with zero attached hydrogens (tertiary/aromatic N) is 2. The van der Waals surface area contributed by atoms with Crippen molar-refractivity contribution in [2.24, 2.45) is 0 Å². The molecule has 0 radical (unpaired) electrons. The fraction of sp³-hybridized carbons (Fsp3) is 0.556. The maximum absolute atomic E-state index is 5.54. The van der Waals surface area contributed by atoms with Gasteiger partial charge in [0.1, 0.15) is 5.03 Å². The zero-order valence-corrected chi connectivity index (χ0v) is 9.06. The topological polar surface area (TPSA) is 51.8 Å². The quantitative estimate of drug-likeness (QED) is 0.596. The summed E-state index contributed by atoms with van der Waals surface area (Å²) in [5, 5.41) is 1.55. The van der Waals surface area contributed by atoms with Gasteiger partial charge in [0.2, 0.25) is 5.95 Å². The Labute approximate surface area is 83.2 Å². The highest BCUT2D eigenvalue weighted by molar-refractivity contribution is 7.99. The highest BCUT2D eigenvalue weighted by Crippen LogP contribution is 2.23. The van der Waals surface area contributed by atoms with Crippen LogP contribution in [0.15, 0.2) is 11.1 Å². The summed E-state index contributed by atoms with van der Waals surface area (Å²) in [6.45, 7) is 6.27. The van der Waals surface area contributed by atoms with Gasteiger partial charge in [-0.05, 0) is 19.4 Å². The Hall–Kier alpha value is -0.770. The van der Waals surface area contributed by atoms with Crippen LogP contribution in [0.3, 0.4) is 0 Å². The van der Waals surface area contributed by atoms with E-state index >= 15 is 0 Å². The van der Waals surface area contributed by atoms with Crippen molar-refractivity contribution in [3.05, 3.63) is 11.8 Å². The second-order valence-corrected chi connectivity index (χ2v) is 4.50. The highest BCUT2D eigenvalue weighted by Gasteiger charge is 2.04. The minimum Gasteiger partial charge on any atom is -0.368 e. The third kappa shape index (κ3) is 3.22. The Morgan fingerprint density at radius 3 is 2.77 bits per heavy atom. The molecule has 1 rings (SSSR count). The first-order valence-corrected chi connectivity index (χ1v) is 5.27. The molecule has 72 valence electrons. The van der Waals surface area contributed by atoms with Gasteiger partial charge in [-0.3, -0.25) is 0 Å². The van der Waals surface area contributed by atoms with Crippen molar-refractivity contribution in [2.45, 2.75) is 37.5 Å². The van der Waals surface area contributed by atoms with Crippen LogP contribution in [0, 0.1) is 6.92 Å². The molecule has 13 heavy (non-hydrogen) atoms. The SMILES string of the molecule is CCC(C)Sc1cc(C)nc(N)n1. The second-order valence-electron chi connectivity index (χ2n) is 3.04. The molecule has 1 unspecified atom stereocenters. The van der Waals surface area contributed by atoms with Crippen molar-refractivity contribution < 1.29 is 0 Å². The lowest BCUT2D eigenvalue weighted by Crippen LogP contribution is -2.00. The predicted molar refractivity (Wildman–Crippen MR) is 56.8 cm³/mol. The lowest BCUT2D eigenvalue weighted by atomic mass is 10.4. The average molecular weight is 197 g/mol. The van der Waals surface area contributed by atoms with E-state index in [-0.39, 0.29) is 0 Å². The van der Waals surface area contributed by atoms with Crippen LogP contribution in [0.1, 0.15) is 26.0 Å². The van der Waals surface area contributed by atoms with Crippen LogP contribution >= 0.6 is 11.8 Å². The molecule has 0 aliphatic rings. The Kier molecular flexibility index (Phi) is 3.54. The van der Waals surface area contributed by atoms with E-state index in [0.29, 0.717) is 11.2 Å². The molecule has 0 saturated carbocycles. The van der Waals surface area contributed by atoms with E-state index in [4.69, 9.17) is 5.73 Å². The molecule has 0 aliphatic heterocycles. The Morgan fingerprint density at radius 2 is 2.23 bits per heavy atom. The van der Waals surface area contributed by atoms with Crippen LogP contribution in [0.5, 0.6) is 0 Å². The lowest BCUT2D eigenvalue weighted by molar-refractivity contribution is 0.898. The molecule has 1 heterocycles. The first-order valence-electron chi connectivity index (χ1n) is 4.39. The van der Waals surface area contributed by atoms with Gasteiger partial charge in [0.15, 0.2) is 0 Å². The second kappa shape index (κ2) is 4.46. The zero-order chi connectivity index (χ0) is 9.84. The van der Waals surface area contributed by atoms with E-state index in [0.717, 1.165) is 17.1 Å². The number of thioether (sulfide) groups is 1. The van der Waals surface area contributed by atoms with Gasteiger partial charge >= 0.3 is 0 Å². The molecule has 0 fully saturated rings. The van der Waals surface area contributed by atoms with E-state index in [1.54, 1.807) is 11.8 Å². The Bertz CT molecular complexity index is 268. The number of rotatable bonds is 3. The number of hydrogen-bond acceptors (Lipinski definition) is 4. The zero-order valence-electron chi connectivity index (χ0n) is 8.24. The van der Waals surface area contributed by atoms with Gasteiger partial charge in [-0.15, -0.1) is 11.8 Å². The molecule has 3 nitrogen and oxygen atoms in total. The Morgan fingerprint density at radius 1 is 1.54 bits per heavy atom. The minimum atomic E-state index is 0.366. The van der Waals surface area contributed by atoms with Crippen LogP contribution in [0.25, 0.3) is 0 Å². The summed E-state index contributed by atoms with van der Waals surface area (Å²) in [5.74, 6) is 0.366. The van der Waals surface area contributed by atoms with Crippen molar-refractivity contribution in [2.75, 3.05) is 5.73 Å². The first kappa shape index (κ1) is 10.3. The molecule has 1 atom stereocenters. The fourth-order valence-corrected chi connectivity index (χ4v) is 1.88. The third-order valence-electron chi connectivity index (χ3n) is 1.74. The fourth-order valence-electron chi connectivity index (χ4n) is 0.912. The summed E-state index contributed by atoms with van der Waals surface area (Å²) in [6, 6.07) is 1.97. The number of hydrogen-bond donors (Lipinski definition) is 1. The third-order valence-corrected chi connectivity index (χ3v) is 2.93. The monoisotopic (exact) mass is 197 g/mol. The van der Waals surface area contributed by atoms with E-state index in [1.807, 2.05) is 13.0 Å². The summed E-state index contributed by atoms with van der Waals surface area (Å²) in [7, 11) is 0. The maximum atomic E-state index is 5.54. The van der Waals surface area contributed by atoms with Crippen LogP contribution in [-0.4, -0.2) is 15.2 Å². The smallest absolute Gasteiger partial charge is 0.221 e. The molecular formula is C9H15N3S. The van der Waals surface area contributed by atoms with Gasteiger partial charge in [0, 0.05) is 10.9 Å². The maximum Gasteiger partial charge on any atom is 0.221 e. The molecule has 0 saturated heterocycles. The highest BCUT2D eigenvalue weighted by atomic mass is 32.2. The van der Waals surface area contributed by atoms with Crippen molar-refractivity contribution in [3.63, 3.8) is 0 Å². The van der Waals surface area contributed by atoms with Gasteiger partial charge in [-0.2, -0.15) is 0 Å². The summed E-state index contributed by atoms with van der Waals surface area (Å²) in [4.78, 5) is 8.17. The molecule has 0 amide bonds. The van der Waals surface area contributed by atoms with Gasteiger partial charge in [-0.25, -0.2) is 9.97 Å². The van der Waals surface area contributed by atoms with Crippen LogP contribution in [0.2, 0.25) is 0 Å². The van der Waals surface area contributed by atoms with Crippen LogP contribution in [0.4, 0.5) is 5.95 Å². The number of nitrogens with two attached hydrogens (primary N) is 1. The van der Waals surface area contributed by atoms with Gasteiger partial charge in [-0.1, -0.05) is 13.8 Å². The largest absolute Gasteiger partial charge is 0.368 e. The molecule has 0 aromatic carbocycles. The van der Waals surface area contributed by atoms with E-state index in [9.17, 15) is 0 Å². The molecule has 0 spiro atoms. The number of aromatic nitrogens is 2. The van der Waals surface area contributed by atoms with E-state index in [1.165, 1.54) is 0 Å². The number of nitrogen functional groups attached to an aromatic ring is 1. The molecule has 2 N–H and O–H groups in total. The van der Waals surface area contributed by atoms with Crippen molar-refractivity contribution in [1.82, 2.24) is 9.97 Å². The molecule has 1 aromatic rings. The summed E-state index contributed by atoms with van der Waals surface area (Å²) >= 11 is 1.74. The van der Waals surface area contributed by atoms with Crippen molar-refractivity contribution in [3.8, 4) is 0 Å². The van der Waals surface area contributed by atoms with Gasteiger partial charge < -0.3 is 5.73 Å². The normalized spacial score (nSPS) is 12.8. The summed E-state index contributed by atoms with van der Waals surface area (Å²) < 4.78 is 0. The van der Waals surface area contributed by atoms with Crippen molar-refractivity contribution >= 4 is 17.7 Å². The van der Waals surface area contributed by atoms with E-state index < -0.39 is 0 Å². The summed E-state index contributed by atoms with van der Waals surface area (Å²) in [5.41, 5.74) is 6.47. The van der Waals surface area contributed by atoms with Crippen molar-refractivity contribution in [1.29, 1.82) is 0 Å². The Balaban J connectivity index is 2.77. The number of anilines is 1. The standard InChI is InChI=1S/C9H15N3S/c1-4-7(3)13-8-5-6(2)11-9(10)12-8/h5,7H,4H2,1-3H3,(H2,10,11,12). The average Bonchev–Trinajstić information content (AvgIpc) is 2.02. The van der Waals surface area contributed by atoms with Crippen LogP contribution in [-0.2, 0) is 0 Å². The first-order chi connectivity index (χ1) is 6.11. The molecule has 0 aliphatic carbocycles. The molecule has 4 heteroatoms. The molecule has 1 aromatic heterocycles. The van der Waals surface area contributed by atoms with Crippen LogP contribution < -0.4 is 5.73 Å². The van der Waals surface area contributed by atoms with Gasteiger partial charge in [0.05, 0.1) is 0 Å². The van der Waals surface area contributed by atoms with Gasteiger partial charge in [0.25, 0.3) is 0 Å². The lowest BCUT2D eigenvalue weighted by Gasteiger charge is -2.07. The van der Waals surface area contributed by atoms with E-state index in [2.05, 4.69) is 23.8 Å². The predicted octanol–water partition coefficient (Wildman–Crippen LogP) is 2.26. The molecular weight excluding hydrogens is 182 g/mol. The summed E-state index contributed by atoms with van der Waals surface area (Å²) in [6.07, 6.45) is 1.13. The number of aryl methyl sites for hydroxylation is 1. The molecule has 0 bridgehead atoms.